The first-order valence-electron chi connectivity index (χ1n) is 8.32. The fraction of sp³-hybridized carbons (Fsp3) is 0.421. The Morgan fingerprint density at radius 1 is 1.05 bits per heavy atom. The minimum atomic E-state index is 0.198. The average Bonchev–Trinajstić information content (AvgIpc) is 3.37. The Hall–Kier alpha value is -1.87. The number of hydrogen-bond donors (Lipinski definition) is 1. The lowest BCUT2D eigenvalue weighted by Crippen LogP contribution is -2.35. The van der Waals surface area contributed by atoms with E-state index in [1.54, 1.807) is 0 Å². The highest BCUT2D eigenvalue weighted by Gasteiger charge is 2.46. The fourth-order valence-electron chi connectivity index (χ4n) is 3.69. The van der Waals surface area contributed by atoms with Gasteiger partial charge in [-0.1, -0.05) is 42.5 Å². The van der Waals surface area contributed by atoms with Crippen molar-refractivity contribution in [3.8, 4) is 0 Å². The van der Waals surface area contributed by atoms with Crippen LogP contribution in [0.15, 0.2) is 42.5 Å². The summed E-state index contributed by atoms with van der Waals surface area (Å²) in [4.78, 5) is 14.8. The second kappa shape index (κ2) is 5.73. The van der Waals surface area contributed by atoms with Crippen molar-refractivity contribution in [3.05, 3.63) is 48.0 Å². The van der Waals surface area contributed by atoms with Crippen LogP contribution >= 0.6 is 0 Å². The predicted molar refractivity (Wildman–Crippen MR) is 88.9 cm³/mol. The summed E-state index contributed by atoms with van der Waals surface area (Å²) in [5, 5.41) is 5.95. The molecule has 2 aromatic rings. The van der Waals surface area contributed by atoms with E-state index in [9.17, 15) is 4.79 Å². The summed E-state index contributed by atoms with van der Waals surface area (Å²) < 4.78 is 0. The zero-order chi connectivity index (χ0) is 14.9. The Morgan fingerprint density at radius 2 is 1.91 bits per heavy atom. The molecule has 4 rings (SSSR count). The lowest BCUT2D eigenvalue weighted by Gasteiger charge is -2.20. The van der Waals surface area contributed by atoms with E-state index < -0.39 is 0 Å². The number of amides is 1. The minimum absolute atomic E-state index is 0.198. The second-order valence-electron chi connectivity index (χ2n) is 6.45. The number of carbonyl (C=O) groups is 1. The Bertz CT molecular complexity index is 683. The maximum absolute atomic E-state index is 12.7. The molecule has 0 aromatic heterocycles. The molecule has 3 heteroatoms. The Morgan fingerprint density at radius 3 is 2.86 bits per heavy atom. The van der Waals surface area contributed by atoms with E-state index >= 15 is 0 Å². The van der Waals surface area contributed by atoms with Crippen molar-refractivity contribution in [2.45, 2.75) is 18.8 Å². The molecular formula is C19H22N2O. The lowest BCUT2D eigenvalue weighted by atomic mass is 10.00. The SMILES string of the molecule is O=C(C1CC1c1cccc2ccccc12)N1CCCNCC1. The summed E-state index contributed by atoms with van der Waals surface area (Å²) in [6.07, 6.45) is 2.08. The van der Waals surface area contributed by atoms with Gasteiger partial charge in [0.15, 0.2) is 0 Å². The zero-order valence-corrected chi connectivity index (χ0v) is 12.8. The van der Waals surface area contributed by atoms with Crippen molar-refractivity contribution in [2.24, 2.45) is 5.92 Å². The van der Waals surface area contributed by atoms with Crippen LogP contribution < -0.4 is 5.32 Å². The molecule has 2 atom stereocenters. The van der Waals surface area contributed by atoms with Crippen LogP contribution in [0.1, 0.15) is 24.3 Å². The number of hydrogen-bond acceptors (Lipinski definition) is 2. The summed E-state index contributed by atoms with van der Waals surface area (Å²) in [5.74, 6) is 0.973. The summed E-state index contributed by atoms with van der Waals surface area (Å²) in [7, 11) is 0. The molecule has 0 spiro atoms. The van der Waals surface area contributed by atoms with E-state index in [0.717, 1.165) is 39.0 Å². The van der Waals surface area contributed by atoms with Gasteiger partial charge in [-0.05, 0) is 41.6 Å². The highest BCUT2D eigenvalue weighted by Crippen LogP contribution is 2.50. The number of benzene rings is 2. The smallest absolute Gasteiger partial charge is 0.226 e. The van der Waals surface area contributed by atoms with Crippen LogP contribution in [-0.4, -0.2) is 37.0 Å². The van der Waals surface area contributed by atoms with Crippen LogP contribution in [0.3, 0.4) is 0 Å². The monoisotopic (exact) mass is 294 g/mol. The molecule has 2 unspecified atom stereocenters. The third-order valence-electron chi connectivity index (χ3n) is 4.98. The van der Waals surface area contributed by atoms with Crippen LogP contribution in [0.2, 0.25) is 0 Å². The van der Waals surface area contributed by atoms with Crippen LogP contribution in [0, 0.1) is 5.92 Å². The van der Waals surface area contributed by atoms with Gasteiger partial charge in [0.05, 0.1) is 0 Å². The Labute approximate surface area is 131 Å². The molecule has 114 valence electrons. The Kier molecular flexibility index (Phi) is 3.59. The maximum Gasteiger partial charge on any atom is 0.226 e. The normalized spacial score (nSPS) is 25.0. The van der Waals surface area contributed by atoms with Crippen molar-refractivity contribution in [1.29, 1.82) is 0 Å². The largest absolute Gasteiger partial charge is 0.341 e. The van der Waals surface area contributed by atoms with E-state index in [1.807, 2.05) is 0 Å². The van der Waals surface area contributed by atoms with Gasteiger partial charge >= 0.3 is 0 Å². The van der Waals surface area contributed by atoms with Crippen molar-refractivity contribution < 1.29 is 4.79 Å². The highest BCUT2D eigenvalue weighted by molar-refractivity contribution is 5.89. The van der Waals surface area contributed by atoms with Gasteiger partial charge in [-0.25, -0.2) is 0 Å². The Balaban J connectivity index is 1.54. The van der Waals surface area contributed by atoms with Gasteiger partial charge in [0.2, 0.25) is 5.91 Å². The summed E-state index contributed by atoms with van der Waals surface area (Å²) in [6, 6.07) is 15.0. The predicted octanol–water partition coefficient (Wildman–Crippen LogP) is 2.77. The van der Waals surface area contributed by atoms with Crippen LogP contribution in [0.25, 0.3) is 10.8 Å². The van der Waals surface area contributed by atoms with Gasteiger partial charge in [-0.2, -0.15) is 0 Å². The fourth-order valence-corrected chi connectivity index (χ4v) is 3.69. The van der Waals surface area contributed by atoms with E-state index in [1.165, 1.54) is 16.3 Å². The molecule has 1 N–H and O–H groups in total. The first-order chi connectivity index (χ1) is 10.8. The molecule has 1 saturated carbocycles. The molecule has 2 aromatic carbocycles. The lowest BCUT2D eigenvalue weighted by molar-refractivity contribution is -0.132. The third-order valence-corrected chi connectivity index (χ3v) is 4.98. The van der Waals surface area contributed by atoms with Crippen molar-refractivity contribution in [3.63, 3.8) is 0 Å². The number of nitrogens with one attached hydrogen (secondary N) is 1. The topological polar surface area (TPSA) is 32.3 Å². The van der Waals surface area contributed by atoms with Gasteiger partial charge < -0.3 is 10.2 Å². The van der Waals surface area contributed by atoms with Gasteiger partial charge in [-0.15, -0.1) is 0 Å². The van der Waals surface area contributed by atoms with E-state index in [4.69, 9.17) is 0 Å². The first kappa shape index (κ1) is 13.8. The number of rotatable bonds is 2. The summed E-state index contributed by atoms with van der Waals surface area (Å²) in [5.41, 5.74) is 1.35. The molecule has 3 nitrogen and oxygen atoms in total. The van der Waals surface area contributed by atoms with Gasteiger partial charge in [0, 0.05) is 25.6 Å². The molecule has 1 saturated heterocycles. The molecule has 1 amide bonds. The quantitative estimate of drug-likeness (QED) is 0.923. The third kappa shape index (κ3) is 2.50. The molecule has 1 heterocycles. The molecule has 22 heavy (non-hydrogen) atoms. The van der Waals surface area contributed by atoms with E-state index in [-0.39, 0.29) is 5.92 Å². The maximum atomic E-state index is 12.7. The standard InChI is InChI=1S/C19H22N2O/c22-19(21-11-4-9-20-10-12-21)18-13-17(18)16-8-3-6-14-5-1-2-7-15(14)16/h1-3,5-8,17-18,20H,4,9-13H2. The van der Waals surface area contributed by atoms with Gasteiger partial charge in [0.25, 0.3) is 0 Å². The molecule has 0 radical (unpaired) electrons. The number of carbonyl (C=O) groups excluding carboxylic acids is 1. The molecule has 0 bridgehead atoms. The van der Waals surface area contributed by atoms with Gasteiger partial charge in [-0.3, -0.25) is 4.79 Å². The van der Waals surface area contributed by atoms with Crippen molar-refractivity contribution >= 4 is 16.7 Å². The zero-order valence-electron chi connectivity index (χ0n) is 12.8. The summed E-state index contributed by atoms with van der Waals surface area (Å²) >= 11 is 0. The average molecular weight is 294 g/mol. The van der Waals surface area contributed by atoms with E-state index in [0.29, 0.717) is 11.8 Å². The molecule has 2 aliphatic rings. The molecule has 2 fully saturated rings. The molecule has 1 aliphatic heterocycles. The first-order valence-corrected chi connectivity index (χ1v) is 8.32. The highest BCUT2D eigenvalue weighted by atomic mass is 16.2. The van der Waals surface area contributed by atoms with Crippen molar-refractivity contribution in [2.75, 3.05) is 26.2 Å². The van der Waals surface area contributed by atoms with Crippen LogP contribution in [0.4, 0.5) is 0 Å². The van der Waals surface area contributed by atoms with Gasteiger partial charge in [0.1, 0.15) is 0 Å². The van der Waals surface area contributed by atoms with Crippen molar-refractivity contribution in [1.82, 2.24) is 10.2 Å². The molecule has 1 aliphatic carbocycles. The van der Waals surface area contributed by atoms with E-state index in [2.05, 4.69) is 52.7 Å². The van der Waals surface area contributed by atoms with Crippen LogP contribution in [0.5, 0.6) is 0 Å². The molecular weight excluding hydrogens is 272 g/mol. The number of nitrogens with zero attached hydrogens (tertiary/aromatic N) is 1. The second-order valence-corrected chi connectivity index (χ2v) is 6.45. The minimum Gasteiger partial charge on any atom is -0.341 e. The summed E-state index contributed by atoms with van der Waals surface area (Å²) in [6.45, 7) is 3.72. The number of fused-ring (bicyclic) bond motifs is 1. The van der Waals surface area contributed by atoms with Crippen LogP contribution in [-0.2, 0) is 4.79 Å².